The number of hydrogen-bond acceptors (Lipinski definition) is 13. The summed E-state index contributed by atoms with van der Waals surface area (Å²) >= 11 is 0. The Morgan fingerprint density at radius 3 is 2.27 bits per heavy atom. The van der Waals surface area contributed by atoms with Gasteiger partial charge in [0.15, 0.2) is 0 Å². The van der Waals surface area contributed by atoms with Gasteiger partial charge in [-0.05, 0) is 70.1 Å². The fraction of sp³-hybridized carbons (Fsp3) is 0.513. The van der Waals surface area contributed by atoms with Crippen molar-refractivity contribution < 1.29 is 19.1 Å². The van der Waals surface area contributed by atoms with Crippen molar-refractivity contribution in [3.05, 3.63) is 59.2 Å². The summed E-state index contributed by atoms with van der Waals surface area (Å²) in [6.45, 7) is 11.3. The first kappa shape index (κ1) is 36.5. The second kappa shape index (κ2) is 15.3. The Morgan fingerprint density at radius 1 is 0.873 bits per heavy atom. The average Bonchev–Trinajstić information content (AvgIpc) is 3.88. The molecule has 0 unspecified atom stereocenters. The average molecular weight is 749 g/mol. The maximum atomic E-state index is 14.4. The topological polar surface area (TPSA) is 162 Å². The molecule has 55 heavy (non-hydrogen) atoms. The number of likely N-dealkylation sites (tertiary alicyclic amines) is 1. The molecule has 0 aliphatic carbocycles. The van der Waals surface area contributed by atoms with E-state index in [0.717, 1.165) is 53.5 Å². The van der Waals surface area contributed by atoms with E-state index in [0.29, 0.717) is 93.5 Å². The number of carbonyl (C=O) groups excluding carboxylic acids is 2. The fourth-order valence-corrected chi connectivity index (χ4v) is 7.86. The molecule has 4 aromatic heterocycles. The van der Waals surface area contributed by atoms with Crippen LogP contribution in [-0.2, 0) is 27.7 Å². The van der Waals surface area contributed by atoms with Gasteiger partial charge in [-0.2, -0.15) is 24.7 Å². The lowest BCUT2D eigenvalue weighted by Crippen LogP contribution is -2.48. The number of amides is 1. The van der Waals surface area contributed by atoms with Crippen LogP contribution in [0.5, 0.6) is 0 Å². The van der Waals surface area contributed by atoms with Crippen LogP contribution in [0.2, 0.25) is 0 Å². The molecule has 16 heteroatoms. The normalized spacial score (nSPS) is 17.5. The maximum absolute atomic E-state index is 14.4. The number of hydrogen-bond donors (Lipinski definition) is 0. The number of ether oxygens (including phenoxy) is 2. The zero-order valence-electron chi connectivity index (χ0n) is 32.1. The minimum atomic E-state index is -0.889. The lowest BCUT2D eigenvalue weighted by molar-refractivity contribution is -0.158. The molecule has 288 valence electrons. The highest BCUT2D eigenvalue weighted by molar-refractivity contribution is 6.08. The molecule has 3 aliphatic rings. The zero-order chi connectivity index (χ0) is 38.1. The molecule has 3 aliphatic heterocycles. The van der Waals surface area contributed by atoms with E-state index in [1.165, 1.54) is 6.42 Å². The molecule has 8 rings (SSSR count). The van der Waals surface area contributed by atoms with Crippen LogP contribution in [0.3, 0.4) is 0 Å². The number of benzene rings is 1. The third-order valence-electron chi connectivity index (χ3n) is 11.3. The Morgan fingerprint density at radius 2 is 1.58 bits per heavy atom. The van der Waals surface area contributed by atoms with Gasteiger partial charge in [0.2, 0.25) is 11.9 Å². The van der Waals surface area contributed by atoms with Gasteiger partial charge in [0.1, 0.15) is 0 Å². The van der Waals surface area contributed by atoms with E-state index >= 15 is 0 Å². The highest BCUT2D eigenvalue weighted by atomic mass is 16.5. The largest absolute Gasteiger partial charge is 0.466 e. The highest BCUT2D eigenvalue weighted by Gasteiger charge is 2.44. The minimum absolute atomic E-state index is 0.0976. The number of aryl methyl sites for hydroxylation is 3. The van der Waals surface area contributed by atoms with Crippen molar-refractivity contribution in [2.75, 3.05) is 68.9 Å². The summed E-state index contributed by atoms with van der Waals surface area (Å²) in [4.78, 5) is 53.9. The van der Waals surface area contributed by atoms with Gasteiger partial charge in [-0.25, -0.2) is 4.98 Å². The molecular weight excluding hydrogens is 701 g/mol. The van der Waals surface area contributed by atoms with Crippen molar-refractivity contribution in [2.45, 2.75) is 59.3 Å². The number of rotatable bonds is 9. The number of pyridine rings is 1. The van der Waals surface area contributed by atoms with Gasteiger partial charge in [-0.3, -0.25) is 14.3 Å². The van der Waals surface area contributed by atoms with Crippen molar-refractivity contribution in [1.29, 1.82) is 0 Å². The summed E-state index contributed by atoms with van der Waals surface area (Å²) in [6, 6.07) is 5.88. The van der Waals surface area contributed by atoms with Crippen LogP contribution < -0.4 is 9.80 Å². The molecule has 0 atom stereocenters. The molecule has 7 heterocycles. The molecular formula is C39H48N12O4. The molecule has 5 aromatic rings. The summed E-state index contributed by atoms with van der Waals surface area (Å²) in [5, 5.41) is 14.1. The van der Waals surface area contributed by atoms with Crippen LogP contribution in [0.15, 0.2) is 36.8 Å². The summed E-state index contributed by atoms with van der Waals surface area (Å²) in [7, 11) is 1.86. The molecule has 3 fully saturated rings. The summed E-state index contributed by atoms with van der Waals surface area (Å²) in [5.74, 6) is 1.20. The van der Waals surface area contributed by atoms with Crippen molar-refractivity contribution in [2.24, 2.45) is 12.5 Å². The smallest absolute Gasteiger partial charge is 0.312 e. The van der Waals surface area contributed by atoms with Crippen molar-refractivity contribution in [3.63, 3.8) is 0 Å². The highest BCUT2D eigenvalue weighted by Crippen LogP contribution is 2.38. The van der Waals surface area contributed by atoms with Crippen LogP contribution >= 0.6 is 0 Å². The second-order valence-corrected chi connectivity index (χ2v) is 14.9. The molecule has 1 amide bonds. The monoisotopic (exact) mass is 748 g/mol. The molecule has 1 aromatic carbocycles. The number of anilines is 2. The molecule has 3 saturated heterocycles. The van der Waals surface area contributed by atoms with Gasteiger partial charge in [0.05, 0.1) is 60.1 Å². The quantitative estimate of drug-likeness (QED) is 0.200. The number of aromatic nitrogens is 9. The third-order valence-corrected chi connectivity index (χ3v) is 11.3. The number of morpholine rings is 1. The van der Waals surface area contributed by atoms with Gasteiger partial charge < -0.3 is 24.2 Å². The summed E-state index contributed by atoms with van der Waals surface area (Å²) in [5.41, 5.74) is 4.77. The SMILES string of the molecule is CCOC(=O)C1(Cc2cn(-c3nc(N4CCCCC4)nc(N4CCOCC4)n3)nn2)CCN(C(=O)c2cc(-c3cnn(C)c3)nc3c(C)c(C)ccc23)CC1. The van der Waals surface area contributed by atoms with Crippen molar-refractivity contribution >= 4 is 34.7 Å². The number of fused-ring (bicyclic) bond motifs is 1. The number of esters is 1. The molecule has 16 nitrogen and oxygen atoms in total. The number of nitrogens with zero attached hydrogens (tertiary/aromatic N) is 12. The van der Waals surface area contributed by atoms with E-state index in [9.17, 15) is 9.59 Å². The van der Waals surface area contributed by atoms with Crippen LogP contribution in [0.1, 0.15) is 66.2 Å². The van der Waals surface area contributed by atoms with Gasteiger partial charge in [0.25, 0.3) is 11.9 Å². The summed E-state index contributed by atoms with van der Waals surface area (Å²) < 4.78 is 14.6. The Bertz CT molecular complexity index is 2160. The first-order valence-electron chi connectivity index (χ1n) is 19.3. The van der Waals surface area contributed by atoms with E-state index in [1.54, 1.807) is 21.8 Å². The predicted octanol–water partition coefficient (Wildman–Crippen LogP) is 3.87. The number of carbonyl (C=O) groups is 2. The molecule has 0 saturated carbocycles. The van der Waals surface area contributed by atoms with E-state index < -0.39 is 5.41 Å². The van der Waals surface area contributed by atoms with Gasteiger partial charge in [-0.1, -0.05) is 17.3 Å². The molecule has 0 spiro atoms. The van der Waals surface area contributed by atoms with E-state index in [4.69, 9.17) is 29.4 Å². The first-order chi connectivity index (χ1) is 26.7. The van der Waals surface area contributed by atoms with Crippen LogP contribution in [0, 0.1) is 19.3 Å². The lowest BCUT2D eigenvalue weighted by atomic mass is 9.74. The lowest BCUT2D eigenvalue weighted by Gasteiger charge is -2.39. The molecule has 0 radical (unpaired) electrons. The second-order valence-electron chi connectivity index (χ2n) is 14.9. The van der Waals surface area contributed by atoms with Crippen molar-refractivity contribution in [1.82, 2.24) is 49.6 Å². The predicted molar refractivity (Wildman–Crippen MR) is 205 cm³/mol. The van der Waals surface area contributed by atoms with Crippen LogP contribution in [0.4, 0.5) is 11.9 Å². The van der Waals surface area contributed by atoms with Gasteiger partial charge in [0, 0.05) is 69.9 Å². The third kappa shape index (κ3) is 7.34. The molecule has 0 bridgehead atoms. The summed E-state index contributed by atoms with van der Waals surface area (Å²) in [6.07, 6.45) is 9.95. The Kier molecular flexibility index (Phi) is 10.2. The van der Waals surface area contributed by atoms with Crippen LogP contribution in [0.25, 0.3) is 28.1 Å². The Balaban J connectivity index is 1.05. The van der Waals surface area contributed by atoms with E-state index in [1.807, 2.05) is 57.1 Å². The van der Waals surface area contributed by atoms with Crippen LogP contribution in [-0.4, -0.2) is 121 Å². The maximum Gasteiger partial charge on any atom is 0.312 e. The molecule has 0 N–H and O–H groups in total. The van der Waals surface area contributed by atoms with Gasteiger partial charge >= 0.3 is 5.97 Å². The van der Waals surface area contributed by atoms with Gasteiger partial charge in [-0.15, -0.1) is 5.10 Å². The van der Waals surface area contributed by atoms with Crippen molar-refractivity contribution in [3.8, 4) is 17.2 Å². The minimum Gasteiger partial charge on any atom is -0.466 e. The zero-order valence-corrected chi connectivity index (χ0v) is 32.1. The standard InChI is InChI=1S/C39H48N12O4/c1-5-55-35(53)39(22-29-25-51(46-45-29)38-43-36(49-13-7-6-8-14-49)42-37(44-38)50-17-19-54-20-18-50)11-15-48(16-12-39)34(52)31-21-32(28-23-40-47(4)24-28)41-33-27(3)26(2)9-10-30(31)33/h9-10,21,23-25H,5-8,11-20,22H2,1-4H3. The fourth-order valence-electron chi connectivity index (χ4n) is 7.86. The van der Waals surface area contributed by atoms with E-state index in [2.05, 4.69) is 25.2 Å². The Labute approximate surface area is 319 Å². The number of piperidine rings is 2. The Hall–Kier alpha value is -5.51. The van der Waals surface area contributed by atoms with E-state index in [-0.39, 0.29) is 18.5 Å². The first-order valence-corrected chi connectivity index (χ1v) is 19.3.